The average Bonchev–Trinajstić information content (AvgIpc) is 3.06. The molecule has 0 aromatic heterocycles. The molecule has 3 rings (SSSR count). The standard InChI is InChI=1S/C16H22N2O4S/c19-16(17-9-11-22-12-10-17)15-7-4-8-18(15)23(20,21)13-14-5-2-1-3-6-14/h1-3,5-6,15H,4,7-13H2/t15-/m1/s1. The van der Waals surface area contributed by atoms with Gasteiger partial charge in [-0.2, -0.15) is 4.31 Å². The van der Waals surface area contributed by atoms with Crippen molar-refractivity contribution in [2.45, 2.75) is 24.6 Å². The van der Waals surface area contributed by atoms with Crippen LogP contribution in [0, 0.1) is 0 Å². The maximum Gasteiger partial charge on any atom is 0.241 e. The molecule has 1 atom stereocenters. The van der Waals surface area contributed by atoms with Crippen LogP contribution in [0.3, 0.4) is 0 Å². The maximum absolute atomic E-state index is 12.7. The van der Waals surface area contributed by atoms with Gasteiger partial charge in [-0.15, -0.1) is 0 Å². The summed E-state index contributed by atoms with van der Waals surface area (Å²) >= 11 is 0. The Hall–Kier alpha value is -1.44. The van der Waals surface area contributed by atoms with Crippen molar-refractivity contribution in [1.82, 2.24) is 9.21 Å². The number of morpholine rings is 1. The molecule has 7 heteroatoms. The van der Waals surface area contributed by atoms with Crippen molar-refractivity contribution in [3.63, 3.8) is 0 Å². The second kappa shape index (κ2) is 6.98. The lowest BCUT2D eigenvalue weighted by Gasteiger charge is -2.32. The molecule has 0 saturated carbocycles. The summed E-state index contributed by atoms with van der Waals surface area (Å²) in [5, 5.41) is 0. The number of rotatable bonds is 4. The molecule has 0 radical (unpaired) electrons. The zero-order valence-corrected chi connectivity index (χ0v) is 13.9. The van der Waals surface area contributed by atoms with Crippen LogP contribution >= 0.6 is 0 Å². The van der Waals surface area contributed by atoms with Crippen LogP contribution in [0.2, 0.25) is 0 Å². The van der Waals surface area contributed by atoms with Gasteiger partial charge in [-0.3, -0.25) is 4.79 Å². The van der Waals surface area contributed by atoms with Crippen LogP contribution in [-0.2, 0) is 25.3 Å². The summed E-state index contributed by atoms with van der Waals surface area (Å²) in [6.45, 7) is 2.56. The molecule has 1 aromatic rings. The van der Waals surface area contributed by atoms with Gasteiger partial charge in [0.05, 0.1) is 19.0 Å². The topological polar surface area (TPSA) is 66.9 Å². The SMILES string of the molecule is O=C([C@H]1CCCN1S(=O)(=O)Cc1ccccc1)N1CCOCC1. The Morgan fingerprint density at radius 3 is 2.52 bits per heavy atom. The number of nitrogens with zero attached hydrogens (tertiary/aromatic N) is 2. The van der Waals surface area contributed by atoms with Gasteiger partial charge < -0.3 is 9.64 Å². The highest BCUT2D eigenvalue weighted by atomic mass is 32.2. The first-order valence-electron chi connectivity index (χ1n) is 7.98. The van der Waals surface area contributed by atoms with Gasteiger partial charge in [0.1, 0.15) is 6.04 Å². The molecule has 2 heterocycles. The molecule has 1 amide bonds. The minimum Gasteiger partial charge on any atom is -0.378 e. The number of hydrogen-bond donors (Lipinski definition) is 0. The summed E-state index contributed by atoms with van der Waals surface area (Å²) in [5.74, 6) is -0.136. The Bertz CT molecular complexity index is 641. The van der Waals surface area contributed by atoms with Gasteiger partial charge in [0.15, 0.2) is 0 Å². The van der Waals surface area contributed by atoms with Crippen molar-refractivity contribution in [3.8, 4) is 0 Å². The zero-order valence-electron chi connectivity index (χ0n) is 13.1. The number of benzene rings is 1. The summed E-state index contributed by atoms with van der Waals surface area (Å²) in [6.07, 6.45) is 1.33. The third-order valence-electron chi connectivity index (χ3n) is 4.36. The van der Waals surface area contributed by atoms with Crippen molar-refractivity contribution < 1.29 is 17.9 Å². The van der Waals surface area contributed by atoms with E-state index in [0.29, 0.717) is 39.3 Å². The highest BCUT2D eigenvalue weighted by Crippen LogP contribution is 2.25. The lowest BCUT2D eigenvalue weighted by atomic mass is 10.2. The lowest BCUT2D eigenvalue weighted by Crippen LogP contribution is -2.51. The molecule has 126 valence electrons. The number of sulfonamides is 1. The van der Waals surface area contributed by atoms with Gasteiger partial charge >= 0.3 is 0 Å². The van der Waals surface area contributed by atoms with Crippen LogP contribution in [0.1, 0.15) is 18.4 Å². The van der Waals surface area contributed by atoms with Gasteiger partial charge in [-0.25, -0.2) is 8.42 Å². The summed E-state index contributed by atoms with van der Waals surface area (Å²) in [6, 6.07) is 8.55. The molecule has 0 spiro atoms. The van der Waals surface area contributed by atoms with E-state index in [9.17, 15) is 13.2 Å². The first kappa shape index (κ1) is 16.4. The van der Waals surface area contributed by atoms with Crippen molar-refractivity contribution >= 4 is 15.9 Å². The van der Waals surface area contributed by atoms with Crippen LogP contribution in [0.15, 0.2) is 30.3 Å². The molecule has 0 unspecified atom stereocenters. The van der Waals surface area contributed by atoms with Crippen LogP contribution in [0.25, 0.3) is 0 Å². The van der Waals surface area contributed by atoms with Gasteiger partial charge in [0.2, 0.25) is 15.9 Å². The molecule has 0 N–H and O–H groups in total. The van der Waals surface area contributed by atoms with Gasteiger partial charge in [-0.05, 0) is 18.4 Å². The van der Waals surface area contributed by atoms with E-state index in [2.05, 4.69) is 0 Å². The Kier molecular flexibility index (Phi) is 4.99. The molecule has 6 nitrogen and oxygen atoms in total. The van der Waals surface area contributed by atoms with E-state index in [1.54, 1.807) is 17.0 Å². The van der Waals surface area contributed by atoms with Crippen LogP contribution < -0.4 is 0 Å². The van der Waals surface area contributed by atoms with E-state index in [1.807, 2.05) is 18.2 Å². The molecule has 2 fully saturated rings. The van der Waals surface area contributed by atoms with Gasteiger partial charge in [-0.1, -0.05) is 30.3 Å². The average molecular weight is 338 g/mol. The van der Waals surface area contributed by atoms with E-state index in [0.717, 1.165) is 12.0 Å². The summed E-state index contributed by atoms with van der Waals surface area (Å²) in [7, 11) is -3.49. The monoisotopic (exact) mass is 338 g/mol. The number of carbonyl (C=O) groups excluding carboxylic acids is 1. The van der Waals surface area contributed by atoms with E-state index in [-0.39, 0.29) is 11.7 Å². The summed E-state index contributed by atoms with van der Waals surface area (Å²) in [4.78, 5) is 14.4. The van der Waals surface area contributed by atoms with Crippen molar-refractivity contribution in [1.29, 1.82) is 0 Å². The minimum atomic E-state index is -3.49. The van der Waals surface area contributed by atoms with Crippen LogP contribution in [0.4, 0.5) is 0 Å². The highest BCUT2D eigenvalue weighted by Gasteiger charge is 2.40. The number of hydrogen-bond acceptors (Lipinski definition) is 4. The van der Waals surface area contributed by atoms with Gasteiger partial charge in [0.25, 0.3) is 0 Å². The smallest absolute Gasteiger partial charge is 0.241 e. The third kappa shape index (κ3) is 3.73. The largest absolute Gasteiger partial charge is 0.378 e. The molecule has 1 aromatic carbocycles. The zero-order chi connectivity index (χ0) is 16.3. The third-order valence-corrected chi connectivity index (χ3v) is 6.21. The molecule has 2 aliphatic heterocycles. The summed E-state index contributed by atoms with van der Waals surface area (Å²) < 4.78 is 32.1. The normalized spacial score (nSPS) is 23.1. The Morgan fingerprint density at radius 1 is 1.13 bits per heavy atom. The van der Waals surface area contributed by atoms with E-state index < -0.39 is 16.1 Å². The molecular formula is C16H22N2O4S. The fourth-order valence-corrected chi connectivity index (χ4v) is 4.95. The molecule has 23 heavy (non-hydrogen) atoms. The van der Waals surface area contributed by atoms with E-state index >= 15 is 0 Å². The maximum atomic E-state index is 12.7. The second-order valence-corrected chi connectivity index (χ2v) is 7.87. The predicted octanol–water partition coefficient (Wildman–Crippen LogP) is 0.840. The Labute approximate surface area is 137 Å². The molecular weight excluding hydrogens is 316 g/mol. The fourth-order valence-electron chi connectivity index (χ4n) is 3.18. The molecule has 2 saturated heterocycles. The van der Waals surface area contributed by atoms with E-state index in [4.69, 9.17) is 4.74 Å². The first-order chi connectivity index (χ1) is 11.1. The number of carbonyl (C=O) groups is 1. The quantitative estimate of drug-likeness (QED) is 0.816. The molecule has 2 aliphatic rings. The number of amides is 1. The highest BCUT2D eigenvalue weighted by molar-refractivity contribution is 7.88. The Balaban J connectivity index is 1.73. The van der Waals surface area contributed by atoms with Crippen molar-refractivity contribution in [3.05, 3.63) is 35.9 Å². The Morgan fingerprint density at radius 2 is 1.83 bits per heavy atom. The molecule has 0 bridgehead atoms. The lowest BCUT2D eigenvalue weighted by molar-refractivity contribution is -0.138. The van der Waals surface area contributed by atoms with Crippen molar-refractivity contribution in [2.75, 3.05) is 32.8 Å². The van der Waals surface area contributed by atoms with Gasteiger partial charge in [0, 0.05) is 19.6 Å². The van der Waals surface area contributed by atoms with E-state index in [1.165, 1.54) is 4.31 Å². The second-order valence-electron chi connectivity index (χ2n) is 5.95. The van der Waals surface area contributed by atoms with Crippen LogP contribution in [-0.4, -0.2) is 62.4 Å². The summed E-state index contributed by atoms with van der Waals surface area (Å²) in [5.41, 5.74) is 0.747. The van der Waals surface area contributed by atoms with Crippen LogP contribution in [0.5, 0.6) is 0 Å². The first-order valence-corrected chi connectivity index (χ1v) is 9.59. The fraction of sp³-hybridized carbons (Fsp3) is 0.562. The molecule has 0 aliphatic carbocycles. The van der Waals surface area contributed by atoms with Crippen molar-refractivity contribution in [2.24, 2.45) is 0 Å². The number of ether oxygens (including phenoxy) is 1. The minimum absolute atomic E-state index is 0.0548. The predicted molar refractivity (Wildman–Crippen MR) is 86.2 cm³/mol.